The topological polar surface area (TPSA) is 84.2 Å². The lowest BCUT2D eigenvalue weighted by molar-refractivity contribution is -0.115. The highest BCUT2D eigenvalue weighted by molar-refractivity contribution is 6.03. The normalized spacial score (nSPS) is 9.95. The van der Waals surface area contributed by atoms with Gasteiger partial charge in [-0.05, 0) is 29.8 Å². The molecule has 0 saturated carbocycles. The van der Waals surface area contributed by atoms with Gasteiger partial charge in [0.2, 0.25) is 5.91 Å². The maximum atomic E-state index is 12.1. The minimum Gasteiger partial charge on any atom is -0.399 e. The van der Waals surface area contributed by atoms with Gasteiger partial charge in [0.1, 0.15) is 0 Å². The van der Waals surface area contributed by atoms with Crippen LogP contribution in [0.1, 0.15) is 15.9 Å². The van der Waals surface area contributed by atoms with Crippen LogP contribution in [-0.4, -0.2) is 18.9 Å². The highest BCUT2D eigenvalue weighted by Gasteiger charge is 2.11. The maximum Gasteiger partial charge on any atom is 0.253 e. The lowest BCUT2D eigenvalue weighted by Crippen LogP contribution is -2.22. The Morgan fingerprint density at radius 1 is 1.05 bits per heavy atom. The second kappa shape index (κ2) is 6.56. The minimum atomic E-state index is -0.238. The molecule has 0 aromatic heterocycles. The highest BCUT2D eigenvalue weighted by atomic mass is 16.2. The number of hydrogen-bond acceptors (Lipinski definition) is 3. The third-order valence-corrected chi connectivity index (χ3v) is 3.02. The number of amides is 2. The predicted octanol–water partition coefficient (Wildman–Crippen LogP) is 1.81. The van der Waals surface area contributed by atoms with Crippen molar-refractivity contribution in [3.05, 3.63) is 59.7 Å². The quantitative estimate of drug-likeness (QED) is 0.748. The first kappa shape index (κ1) is 14.6. The third-order valence-electron chi connectivity index (χ3n) is 3.02. The summed E-state index contributed by atoms with van der Waals surface area (Å²) in [6.07, 6.45) is 0.225. The number of hydrogen-bond donors (Lipinski definition) is 3. The second-order valence-electron chi connectivity index (χ2n) is 4.59. The summed E-state index contributed by atoms with van der Waals surface area (Å²) < 4.78 is 0. The first-order valence-corrected chi connectivity index (χ1v) is 6.55. The summed E-state index contributed by atoms with van der Waals surface area (Å²) in [6, 6.07) is 14.0. The Hall–Kier alpha value is -2.82. The molecule has 2 aromatic rings. The predicted molar refractivity (Wildman–Crippen MR) is 83.0 cm³/mol. The van der Waals surface area contributed by atoms with Crippen LogP contribution in [0.5, 0.6) is 0 Å². The molecule has 108 valence electrons. The third kappa shape index (κ3) is 3.82. The number of benzene rings is 2. The fourth-order valence-electron chi connectivity index (χ4n) is 1.94. The molecule has 0 saturated heterocycles. The SMILES string of the molecule is CNC(=O)c1ccccc1NC(=O)Cc1ccc(N)cc1. The van der Waals surface area contributed by atoms with Crippen LogP contribution in [0.4, 0.5) is 11.4 Å². The Bertz CT molecular complexity index is 651. The van der Waals surface area contributed by atoms with Crippen molar-refractivity contribution in [2.24, 2.45) is 0 Å². The zero-order valence-corrected chi connectivity index (χ0v) is 11.7. The molecule has 0 heterocycles. The molecule has 0 fully saturated rings. The van der Waals surface area contributed by atoms with Crippen molar-refractivity contribution < 1.29 is 9.59 Å². The van der Waals surface area contributed by atoms with Crippen LogP contribution in [0.25, 0.3) is 0 Å². The molecule has 0 spiro atoms. The average molecular weight is 283 g/mol. The fraction of sp³-hybridized carbons (Fsp3) is 0.125. The second-order valence-corrected chi connectivity index (χ2v) is 4.59. The molecule has 0 radical (unpaired) electrons. The van der Waals surface area contributed by atoms with E-state index < -0.39 is 0 Å². The lowest BCUT2D eigenvalue weighted by Gasteiger charge is -2.10. The van der Waals surface area contributed by atoms with Crippen molar-refractivity contribution in [2.45, 2.75) is 6.42 Å². The highest BCUT2D eigenvalue weighted by Crippen LogP contribution is 2.15. The van der Waals surface area contributed by atoms with Gasteiger partial charge in [-0.15, -0.1) is 0 Å². The van der Waals surface area contributed by atoms with Crippen molar-refractivity contribution >= 4 is 23.2 Å². The van der Waals surface area contributed by atoms with Crippen molar-refractivity contribution in [3.8, 4) is 0 Å². The molecule has 2 rings (SSSR count). The molecule has 0 atom stereocenters. The number of nitrogens with one attached hydrogen (secondary N) is 2. The summed E-state index contributed by atoms with van der Waals surface area (Å²) in [6.45, 7) is 0. The number of anilines is 2. The average Bonchev–Trinajstić information content (AvgIpc) is 2.49. The molecule has 0 aliphatic carbocycles. The van der Waals surface area contributed by atoms with E-state index in [0.29, 0.717) is 16.9 Å². The largest absolute Gasteiger partial charge is 0.399 e. The standard InChI is InChI=1S/C16H17N3O2/c1-18-16(21)13-4-2-3-5-14(13)19-15(20)10-11-6-8-12(17)9-7-11/h2-9H,10,17H2,1H3,(H,18,21)(H,19,20). The van der Waals surface area contributed by atoms with E-state index >= 15 is 0 Å². The summed E-state index contributed by atoms with van der Waals surface area (Å²) >= 11 is 0. The molecule has 0 unspecified atom stereocenters. The number of rotatable bonds is 4. The summed E-state index contributed by atoms with van der Waals surface area (Å²) in [5, 5.41) is 5.30. The molecule has 4 N–H and O–H groups in total. The van der Waals surface area contributed by atoms with Gasteiger partial charge in [0.05, 0.1) is 17.7 Å². The lowest BCUT2D eigenvalue weighted by atomic mass is 10.1. The Morgan fingerprint density at radius 3 is 2.38 bits per heavy atom. The van der Waals surface area contributed by atoms with E-state index in [1.807, 2.05) is 0 Å². The first-order valence-electron chi connectivity index (χ1n) is 6.55. The zero-order chi connectivity index (χ0) is 15.2. The van der Waals surface area contributed by atoms with E-state index in [1.54, 1.807) is 55.6 Å². The van der Waals surface area contributed by atoms with E-state index in [4.69, 9.17) is 5.73 Å². The zero-order valence-electron chi connectivity index (χ0n) is 11.7. The van der Waals surface area contributed by atoms with Gasteiger partial charge in [0, 0.05) is 12.7 Å². The van der Waals surface area contributed by atoms with E-state index in [-0.39, 0.29) is 18.2 Å². The van der Waals surface area contributed by atoms with Crippen LogP contribution in [-0.2, 0) is 11.2 Å². The van der Waals surface area contributed by atoms with Gasteiger partial charge in [-0.2, -0.15) is 0 Å². The molecule has 0 aliphatic rings. The Balaban J connectivity index is 2.09. The summed E-state index contributed by atoms with van der Waals surface area (Å²) in [5.41, 5.74) is 8.05. The molecule has 0 bridgehead atoms. The Labute approximate surface area is 123 Å². The van der Waals surface area contributed by atoms with Gasteiger partial charge < -0.3 is 16.4 Å². The number of carbonyl (C=O) groups excluding carboxylic acids is 2. The van der Waals surface area contributed by atoms with E-state index in [2.05, 4.69) is 10.6 Å². The molecule has 2 aromatic carbocycles. The van der Waals surface area contributed by atoms with Crippen molar-refractivity contribution in [2.75, 3.05) is 18.1 Å². The fourth-order valence-corrected chi connectivity index (χ4v) is 1.94. The molecule has 2 amide bonds. The van der Waals surface area contributed by atoms with Gasteiger partial charge in [-0.25, -0.2) is 0 Å². The van der Waals surface area contributed by atoms with Gasteiger partial charge >= 0.3 is 0 Å². The van der Waals surface area contributed by atoms with Crippen molar-refractivity contribution in [3.63, 3.8) is 0 Å². The van der Waals surface area contributed by atoms with Crippen LogP contribution < -0.4 is 16.4 Å². The van der Waals surface area contributed by atoms with Crippen molar-refractivity contribution in [1.82, 2.24) is 5.32 Å². The molecule has 0 aliphatic heterocycles. The summed E-state index contributed by atoms with van der Waals surface area (Å²) in [7, 11) is 1.55. The van der Waals surface area contributed by atoms with Gasteiger partial charge in [-0.1, -0.05) is 24.3 Å². The number of para-hydroxylation sites is 1. The monoisotopic (exact) mass is 283 g/mol. The molecular weight excluding hydrogens is 266 g/mol. The van der Waals surface area contributed by atoms with Crippen LogP contribution >= 0.6 is 0 Å². The summed E-state index contributed by atoms with van der Waals surface area (Å²) in [5.74, 6) is -0.422. The van der Waals surface area contributed by atoms with Gasteiger partial charge in [0.25, 0.3) is 5.91 Å². The molecule has 5 heteroatoms. The minimum absolute atomic E-state index is 0.184. The Kier molecular flexibility index (Phi) is 4.56. The number of carbonyl (C=O) groups is 2. The van der Waals surface area contributed by atoms with Gasteiger partial charge in [0.15, 0.2) is 0 Å². The van der Waals surface area contributed by atoms with Crippen LogP contribution in [0, 0.1) is 0 Å². The Morgan fingerprint density at radius 2 is 1.71 bits per heavy atom. The smallest absolute Gasteiger partial charge is 0.253 e. The van der Waals surface area contributed by atoms with Gasteiger partial charge in [-0.3, -0.25) is 9.59 Å². The van der Waals surface area contributed by atoms with Crippen molar-refractivity contribution in [1.29, 1.82) is 0 Å². The molecular formula is C16H17N3O2. The maximum absolute atomic E-state index is 12.1. The number of nitrogens with two attached hydrogens (primary N) is 1. The van der Waals surface area contributed by atoms with Crippen LogP contribution in [0.15, 0.2) is 48.5 Å². The number of nitrogen functional groups attached to an aromatic ring is 1. The molecule has 21 heavy (non-hydrogen) atoms. The van der Waals surface area contributed by atoms with E-state index in [0.717, 1.165) is 5.56 Å². The van der Waals surface area contributed by atoms with E-state index in [9.17, 15) is 9.59 Å². The molecule has 5 nitrogen and oxygen atoms in total. The van der Waals surface area contributed by atoms with Crippen LogP contribution in [0.2, 0.25) is 0 Å². The van der Waals surface area contributed by atoms with Crippen LogP contribution in [0.3, 0.4) is 0 Å². The van der Waals surface area contributed by atoms with E-state index in [1.165, 1.54) is 0 Å². The first-order chi connectivity index (χ1) is 10.1. The summed E-state index contributed by atoms with van der Waals surface area (Å²) in [4.78, 5) is 23.8.